The molecule has 0 saturated carbocycles. The van der Waals surface area contributed by atoms with Crippen molar-refractivity contribution in [1.29, 1.82) is 0 Å². The van der Waals surface area contributed by atoms with E-state index >= 15 is 0 Å². The van der Waals surface area contributed by atoms with E-state index in [0.717, 1.165) is 32.7 Å². The summed E-state index contributed by atoms with van der Waals surface area (Å²) in [6.07, 6.45) is 0.474. The minimum Gasteiger partial charge on any atom is -0.340 e. The summed E-state index contributed by atoms with van der Waals surface area (Å²) in [4.78, 5) is 16.5. The van der Waals surface area contributed by atoms with Gasteiger partial charge in [0.1, 0.15) is 0 Å². The van der Waals surface area contributed by atoms with Gasteiger partial charge in [0.25, 0.3) is 0 Å². The summed E-state index contributed by atoms with van der Waals surface area (Å²) < 4.78 is 0. The van der Waals surface area contributed by atoms with Gasteiger partial charge < -0.3 is 10.6 Å². The van der Waals surface area contributed by atoms with Gasteiger partial charge in [-0.15, -0.1) is 0 Å². The van der Waals surface area contributed by atoms with Gasteiger partial charge in [-0.25, -0.2) is 0 Å². The fraction of sp³-hybridized carbons (Fsp3) is 0.667. The monoisotopic (exact) mass is 295 g/mol. The number of rotatable bonds is 5. The summed E-state index contributed by atoms with van der Waals surface area (Å²) in [5.41, 5.74) is 7.36. The molecule has 2 rings (SSSR count). The number of amides is 1. The van der Waals surface area contributed by atoms with Crippen LogP contribution in [0.25, 0.3) is 0 Å². The molecular weight excluding hydrogens is 270 g/mol. The first-order chi connectivity index (χ1) is 9.56. The number of hydrogen-bond donors (Lipinski definition) is 1. The molecule has 20 heavy (non-hydrogen) atoms. The zero-order valence-electron chi connectivity index (χ0n) is 12.4. The Labute approximate surface area is 125 Å². The molecule has 1 unspecified atom stereocenters. The van der Waals surface area contributed by atoms with E-state index in [1.165, 1.54) is 5.56 Å². The van der Waals surface area contributed by atoms with Gasteiger partial charge in [-0.1, -0.05) is 13.8 Å². The lowest BCUT2D eigenvalue weighted by atomic mass is 10.0. The molecule has 1 aromatic heterocycles. The highest BCUT2D eigenvalue weighted by Crippen LogP contribution is 2.13. The molecule has 1 saturated heterocycles. The standard InChI is InChI=1S/C15H25N3OS/c1-12(2)14(16)9-15(19)18-6-4-17(5-7-18)10-13-3-8-20-11-13/h3,8,11-12,14H,4-7,9-10,16H2,1-2H3. The Balaban J connectivity index is 1.75. The van der Waals surface area contributed by atoms with Crippen LogP contribution in [0.3, 0.4) is 0 Å². The third-order valence-electron chi connectivity index (χ3n) is 3.98. The lowest BCUT2D eigenvalue weighted by molar-refractivity contribution is -0.133. The van der Waals surface area contributed by atoms with Gasteiger partial charge >= 0.3 is 0 Å². The summed E-state index contributed by atoms with van der Waals surface area (Å²) in [5.74, 6) is 0.570. The summed E-state index contributed by atoms with van der Waals surface area (Å²) in [6, 6.07) is 2.15. The molecule has 0 bridgehead atoms. The molecule has 1 atom stereocenters. The first-order valence-corrected chi connectivity index (χ1v) is 8.27. The van der Waals surface area contributed by atoms with Crippen LogP contribution in [0.1, 0.15) is 25.8 Å². The molecule has 1 aromatic rings. The molecule has 0 aliphatic carbocycles. The van der Waals surface area contributed by atoms with Crippen LogP contribution in [0.5, 0.6) is 0 Å². The second-order valence-corrected chi connectivity index (χ2v) is 6.68. The Morgan fingerprint density at radius 2 is 2.05 bits per heavy atom. The van der Waals surface area contributed by atoms with E-state index in [1.807, 2.05) is 4.90 Å². The van der Waals surface area contributed by atoms with Gasteiger partial charge in [-0.3, -0.25) is 9.69 Å². The molecule has 5 heteroatoms. The van der Waals surface area contributed by atoms with Crippen molar-refractivity contribution in [1.82, 2.24) is 9.80 Å². The summed E-state index contributed by atoms with van der Waals surface area (Å²) in [5, 5.41) is 4.31. The van der Waals surface area contributed by atoms with Gasteiger partial charge in [0, 0.05) is 45.2 Å². The molecule has 0 radical (unpaired) electrons. The summed E-state index contributed by atoms with van der Waals surface area (Å²) >= 11 is 1.74. The zero-order valence-corrected chi connectivity index (χ0v) is 13.2. The van der Waals surface area contributed by atoms with Crippen LogP contribution in [0.15, 0.2) is 16.8 Å². The van der Waals surface area contributed by atoms with Crippen LogP contribution in [-0.2, 0) is 11.3 Å². The van der Waals surface area contributed by atoms with Crippen molar-refractivity contribution in [2.75, 3.05) is 26.2 Å². The number of carbonyl (C=O) groups is 1. The van der Waals surface area contributed by atoms with Crippen LogP contribution in [0, 0.1) is 5.92 Å². The van der Waals surface area contributed by atoms with Crippen LogP contribution < -0.4 is 5.73 Å². The van der Waals surface area contributed by atoms with E-state index < -0.39 is 0 Å². The molecule has 1 aliphatic heterocycles. The smallest absolute Gasteiger partial charge is 0.224 e. The van der Waals surface area contributed by atoms with E-state index in [-0.39, 0.29) is 11.9 Å². The maximum atomic E-state index is 12.2. The molecule has 2 N–H and O–H groups in total. The van der Waals surface area contributed by atoms with Gasteiger partial charge in [0.05, 0.1) is 0 Å². The van der Waals surface area contributed by atoms with Crippen molar-refractivity contribution >= 4 is 17.2 Å². The largest absolute Gasteiger partial charge is 0.340 e. The Morgan fingerprint density at radius 3 is 2.60 bits per heavy atom. The molecule has 0 spiro atoms. The number of carbonyl (C=O) groups excluding carboxylic acids is 1. The quantitative estimate of drug-likeness (QED) is 0.900. The lowest BCUT2D eigenvalue weighted by Crippen LogP contribution is -2.49. The number of hydrogen-bond acceptors (Lipinski definition) is 4. The zero-order chi connectivity index (χ0) is 14.5. The second-order valence-electron chi connectivity index (χ2n) is 5.90. The highest BCUT2D eigenvalue weighted by Gasteiger charge is 2.23. The fourth-order valence-electron chi connectivity index (χ4n) is 2.36. The van der Waals surface area contributed by atoms with Gasteiger partial charge in [0.2, 0.25) is 5.91 Å². The average Bonchev–Trinajstić information content (AvgIpc) is 2.92. The number of thiophene rings is 1. The third kappa shape index (κ3) is 4.30. The van der Waals surface area contributed by atoms with Gasteiger partial charge in [-0.05, 0) is 28.3 Å². The lowest BCUT2D eigenvalue weighted by Gasteiger charge is -2.35. The van der Waals surface area contributed by atoms with Crippen molar-refractivity contribution in [2.45, 2.75) is 32.9 Å². The Bertz CT molecular complexity index is 411. The fourth-order valence-corrected chi connectivity index (χ4v) is 3.02. The Hall–Kier alpha value is -0.910. The van der Waals surface area contributed by atoms with Crippen molar-refractivity contribution in [3.63, 3.8) is 0 Å². The van der Waals surface area contributed by atoms with Gasteiger partial charge in [-0.2, -0.15) is 11.3 Å². The number of nitrogens with two attached hydrogens (primary N) is 1. The minimum absolute atomic E-state index is 0.0219. The predicted octanol–water partition coefficient (Wildman–Crippen LogP) is 1.77. The van der Waals surface area contributed by atoms with Crippen LogP contribution in [-0.4, -0.2) is 47.9 Å². The van der Waals surface area contributed by atoms with E-state index in [2.05, 4.69) is 35.6 Å². The van der Waals surface area contributed by atoms with E-state index in [0.29, 0.717) is 12.3 Å². The number of piperazine rings is 1. The average molecular weight is 295 g/mol. The van der Waals surface area contributed by atoms with Crippen molar-refractivity contribution < 1.29 is 4.79 Å². The molecule has 1 amide bonds. The normalized spacial score (nSPS) is 18.5. The second kappa shape index (κ2) is 7.20. The molecule has 4 nitrogen and oxygen atoms in total. The summed E-state index contributed by atoms with van der Waals surface area (Å²) in [6.45, 7) is 8.70. The molecular formula is C15H25N3OS. The van der Waals surface area contributed by atoms with Crippen molar-refractivity contribution in [3.05, 3.63) is 22.4 Å². The molecule has 2 heterocycles. The van der Waals surface area contributed by atoms with E-state index in [9.17, 15) is 4.79 Å². The molecule has 1 aliphatic rings. The molecule has 112 valence electrons. The topological polar surface area (TPSA) is 49.6 Å². The highest BCUT2D eigenvalue weighted by atomic mass is 32.1. The third-order valence-corrected chi connectivity index (χ3v) is 4.71. The predicted molar refractivity (Wildman–Crippen MR) is 83.6 cm³/mol. The first-order valence-electron chi connectivity index (χ1n) is 7.33. The maximum absolute atomic E-state index is 12.2. The van der Waals surface area contributed by atoms with Crippen molar-refractivity contribution in [2.24, 2.45) is 11.7 Å². The molecule has 0 aromatic carbocycles. The van der Waals surface area contributed by atoms with Crippen LogP contribution in [0.4, 0.5) is 0 Å². The van der Waals surface area contributed by atoms with Crippen LogP contribution >= 0.6 is 11.3 Å². The Morgan fingerprint density at radius 1 is 1.35 bits per heavy atom. The maximum Gasteiger partial charge on any atom is 0.224 e. The Kier molecular flexibility index (Phi) is 5.57. The van der Waals surface area contributed by atoms with E-state index in [4.69, 9.17) is 5.73 Å². The minimum atomic E-state index is -0.0219. The summed E-state index contributed by atoms with van der Waals surface area (Å²) in [7, 11) is 0. The molecule has 1 fully saturated rings. The van der Waals surface area contributed by atoms with Gasteiger partial charge in [0.15, 0.2) is 0 Å². The number of nitrogens with zero attached hydrogens (tertiary/aromatic N) is 2. The van der Waals surface area contributed by atoms with Crippen molar-refractivity contribution in [3.8, 4) is 0 Å². The van der Waals surface area contributed by atoms with E-state index in [1.54, 1.807) is 11.3 Å². The SMILES string of the molecule is CC(C)C(N)CC(=O)N1CCN(Cc2ccsc2)CC1. The van der Waals surface area contributed by atoms with Crippen LogP contribution in [0.2, 0.25) is 0 Å². The highest BCUT2D eigenvalue weighted by molar-refractivity contribution is 7.07. The first kappa shape index (κ1) is 15.5.